The number of carbonyl (C=O) groups excluding carboxylic acids is 2. The van der Waals surface area contributed by atoms with Gasteiger partial charge >= 0.3 is 6.03 Å². The van der Waals surface area contributed by atoms with Crippen LogP contribution in [0.4, 0.5) is 4.79 Å². The lowest BCUT2D eigenvalue weighted by Crippen LogP contribution is -2.55. The molecule has 2 aliphatic heterocycles. The van der Waals surface area contributed by atoms with Crippen molar-refractivity contribution in [3.8, 4) is 0 Å². The van der Waals surface area contributed by atoms with Crippen molar-refractivity contribution >= 4 is 11.9 Å². The molecule has 3 fully saturated rings. The molecule has 0 unspecified atom stereocenters. The van der Waals surface area contributed by atoms with Gasteiger partial charge in [-0.2, -0.15) is 0 Å². The van der Waals surface area contributed by atoms with Crippen LogP contribution >= 0.6 is 0 Å². The Morgan fingerprint density at radius 3 is 2.09 bits per heavy atom. The van der Waals surface area contributed by atoms with Gasteiger partial charge in [0.05, 0.1) is 0 Å². The fourth-order valence-corrected chi connectivity index (χ4v) is 3.80. The smallest absolute Gasteiger partial charge is 0.317 e. The van der Waals surface area contributed by atoms with Gasteiger partial charge in [0.2, 0.25) is 0 Å². The van der Waals surface area contributed by atoms with E-state index in [-0.39, 0.29) is 18.0 Å². The predicted molar refractivity (Wildman–Crippen MR) is 87.1 cm³/mol. The first-order valence-corrected chi connectivity index (χ1v) is 9.20. The van der Waals surface area contributed by atoms with Gasteiger partial charge in [0, 0.05) is 38.8 Å². The molecule has 0 aromatic carbocycles. The van der Waals surface area contributed by atoms with E-state index in [9.17, 15) is 9.59 Å². The Balaban J connectivity index is 1.42. The van der Waals surface area contributed by atoms with Crippen molar-refractivity contribution in [1.82, 2.24) is 15.1 Å². The van der Waals surface area contributed by atoms with Gasteiger partial charge in [-0.15, -0.1) is 0 Å². The average molecular weight is 323 g/mol. The standard InChI is InChI=1S/C17H29N3O3/c21-16(15-8-5-13-23-15)19-9-11-20(12-10-19)17(22)18-14-6-3-1-2-4-7-14/h14-15H,1-13H2,(H,18,22)/t15-/m0/s1. The van der Waals surface area contributed by atoms with E-state index in [1.807, 2.05) is 9.80 Å². The molecule has 1 atom stereocenters. The van der Waals surface area contributed by atoms with E-state index in [1.165, 1.54) is 25.7 Å². The van der Waals surface area contributed by atoms with Crippen LogP contribution in [0.1, 0.15) is 51.4 Å². The molecule has 6 heteroatoms. The average Bonchev–Trinajstić information content (AvgIpc) is 3.00. The number of rotatable bonds is 2. The molecule has 3 rings (SSSR count). The van der Waals surface area contributed by atoms with E-state index < -0.39 is 0 Å². The first-order chi connectivity index (χ1) is 11.2. The summed E-state index contributed by atoms with van der Waals surface area (Å²) in [7, 11) is 0. The van der Waals surface area contributed by atoms with E-state index in [2.05, 4.69) is 5.32 Å². The summed E-state index contributed by atoms with van der Waals surface area (Å²) in [6.07, 6.45) is 8.77. The third kappa shape index (κ3) is 4.37. The van der Waals surface area contributed by atoms with Crippen LogP contribution in [0.2, 0.25) is 0 Å². The summed E-state index contributed by atoms with van der Waals surface area (Å²) in [6.45, 7) is 3.18. The van der Waals surface area contributed by atoms with Gasteiger partial charge in [0.25, 0.3) is 5.91 Å². The number of hydrogen-bond donors (Lipinski definition) is 1. The summed E-state index contributed by atoms with van der Waals surface area (Å²) in [6, 6.07) is 0.373. The summed E-state index contributed by atoms with van der Waals surface area (Å²) in [4.78, 5) is 28.4. The number of piperazine rings is 1. The zero-order valence-electron chi connectivity index (χ0n) is 14.0. The van der Waals surface area contributed by atoms with E-state index >= 15 is 0 Å². The molecule has 3 amide bonds. The van der Waals surface area contributed by atoms with Gasteiger partial charge in [-0.25, -0.2) is 4.79 Å². The summed E-state index contributed by atoms with van der Waals surface area (Å²) in [5, 5.41) is 3.19. The Morgan fingerprint density at radius 2 is 1.48 bits per heavy atom. The first kappa shape index (κ1) is 16.6. The van der Waals surface area contributed by atoms with Crippen LogP contribution in [-0.4, -0.2) is 66.7 Å². The second kappa shape index (κ2) is 7.99. The molecule has 1 aliphatic carbocycles. The molecule has 0 bridgehead atoms. The molecule has 0 radical (unpaired) electrons. The topological polar surface area (TPSA) is 61.9 Å². The minimum Gasteiger partial charge on any atom is -0.368 e. The molecular weight excluding hydrogens is 294 g/mol. The second-order valence-electron chi connectivity index (χ2n) is 6.95. The summed E-state index contributed by atoms with van der Waals surface area (Å²) < 4.78 is 5.47. The maximum Gasteiger partial charge on any atom is 0.317 e. The van der Waals surface area contributed by atoms with Gasteiger partial charge in [0.1, 0.15) is 6.10 Å². The SMILES string of the molecule is O=C(NC1CCCCCC1)N1CCN(C(=O)[C@@H]2CCCO2)CC1. The molecule has 130 valence electrons. The predicted octanol–water partition coefficient (Wildman–Crippen LogP) is 1.74. The van der Waals surface area contributed by atoms with E-state index in [4.69, 9.17) is 4.74 Å². The quantitative estimate of drug-likeness (QED) is 0.788. The molecule has 3 aliphatic rings. The molecule has 23 heavy (non-hydrogen) atoms. The molecule has 0 aromatic rings. The summed E-state index contributed by atoms with van der Waals surface area (Å²) in [5.41, 5.74) is 0. The van der Waals surface area contributed by atoms with Gasteiger partial charge in [-0.1, -0.05) is 25.7 Å². The van der Waals surface area contributed by atoms with Crippen LogP contribution in [0.25, 0.3) is 0 Å². The van der Waals surface area contributed by atoms with Crippen molar-refractivity contribution < 1.29 is 14.3 Å². The zero-order chi connectivity index (χ0) is 16.1. The Bertz CT molecular complexity index is 407. The third-order valence-corrected chi connectivity index (χ3v) is 5.27. The van der Waals surface area contributed by atoms with Crippen LogP contribution in [0.5, 0.6) is 0 Å². The number of urea groups is 1. The first-order valence-electron chi connectivity index (χ1n) is 9.20. The largest absolute Gasteiger partial charge is 0.368 e. The molecule has 0 spiro atoms. The maximum absolute atomic E-state index is 12.4. The van der Waals surface area contributed by atoms with Crippen molar-refractivity contribution in [1.29, 1.82) is 0 Å². The van der Waals surface area contributed by atoms with Crippen molar-refractivity contribution in [2.45, 2.75) is 63.5 Å². The van der Waals surface area contributed by atoms with Gasteiger partial charge in [-0.3, -0.25) is 4.79 Å². The molecule has 0 aromatic heterocycles. The number of ether oxygens (including phenoxy) is 1. The minimum atomic E-state index is -0.249. The second-order valence-corrected chi connectivity index (χ2v) is 6.95. The Kier molecular flexibility index (Phi) is 5.75. The van der Waals surface area contributed by atoms with Crippen LogP contribution in [0.3, 0.4) is 0 Å². The van der Waals surface area contributed by atoms with E-state index in [0.29, 0.717) is 38.8 Å². The molecule has 1 N–H and O–H groups in total. The monoisotopic (exact) mass is 323 g/mol. The molecule has 6 nitrogen and oxygen atoms in total. The molecule has 1 saturated carbocycles. The lowest BCUT2D eigenvalue weighted by molar-refractivity contribution is -0.142. The molecular formula is C17H29N3O3. The van der Waals surface area contributed by atoms with Crippen molar-refractivity contribution in [3.05, 3.63) is 0 Å². The highest BCUT2D eigenvalue weighted by Crippen LogP contribution is 2.18. The van der Waals surface area contributed by atoms with Crippen LogP contribution in [-0.2, 0) is 9.53 Å². The summed E-state index contributed by atoms with van der Waals surface area (Å²) >= 11 is 0. The highest BCUT2D eigenvalue weighted by atomic mass is 16.5. The van der Waals surface area contributed by atoms with E-state index in [0.717, 1.165) is 25.7 Å². The highest BCUT2D eigenvalue weighted by molar-refractivity contribution is 5.81. The highest BCUT2D eigenvalue weighted by Gasteiger charge is 2.31. The van der Waals surface area contributed by atoms with Gasteiger partial charge in [0.15, 0.2) is 0 Å². The molecule has 2 saturated heterocycles. The fourth-order valence-electron chi connectivity index (χ4n) is 3.80. The van der Waals surface area contributed by atoms with E-state index in [1.54, 1.807) is 0 Å². The van der Waals surface area contributed by atoms with Crippen molar-refractivity contribution in [2.75, 3.05) is 32.8 Å². The van der Waals surface area contributed by atoms with Gasteiger partial charge in [-0.05, 0) is 25.7 Å². The number of nitrogens with zero attached hydrogens (tertiary/aromatic N) is 2. The number of nitrogens with one attached hydrogen (secondary N) is 1. The van der Waals surface area contributed by atoms with Crippen molar-refractivity contribution in [2.24, 2.45) is 0 Å². The zero-order valence-corrected chi connectivity index (χ0v) is 14.0. The number of hydrogen-bond acceptors (Lipinski definition) is 3. The summed E-state index contributed by atoms with van der Waals surface area (Å²) in [5.74, 6) is 0.103. The Labute approximate surface area is 138 Å². The van der Waals surface area contributed by atoms with Crippen LogP contribution in [0.15, 0.2) is 0 Å². The normalized spacial score (nSPS) is 26.9. The van der Waals surface area contributed by atoms with Crippen LogP contribution in [0, 0.1) is 0 Å². The Morgan fingerprint density at radius 1 is 0.826 bits per heavy atom. The van der Waals surface area contributed by atoms with Crippen LogP contribution < -0.4 is 5.32 Å². The number of carbonyl (C=O) groups is 2. The maximum atomic E-state index is 12.4. The number of amides is 3. The fraction of sp³-hybridized carbons (Fsp3) is 0.882. The lowest BCUT2D eigenvalue weighted by Gasteiger charge is -2.36. The third-order valence-electron chi connectivity index (χ3n) is 5.27. The lowest BCUT2D eigenvalue weighted by atomic mass is 10.1. The Hall–Kier alpha value is -1.30. The minimum absolute atomic E-state index is 0.0427. The molecule has 2 heterocycles. The van der Waals surface area contributed by atoms with Gasteiger partial charge < -0.3 is 19.9 Å². The van der Waals surface area contributed by atoms with Crippen molar-refractivity contribution in [3.63, 3.8) is 0 Å².